The second kappa shape index (κ2) is 4.05. The Morgan fingerprint density at radius 2 is 2.39 bits per heavy atom. The van der Waals surface area contributed by atoms with Crippen molar-refractivity contribution >= 4 is 5.91 Å². The lowest BCUT2D eigenvalue weighted by atomic mass is 9.64. The van der Waals surface area contributed by atoms with E-state index in [1.807, 2.05) is 11.0 Å². The SMILES string of the molecule is CC1C[C@H]2CC(CO)(C1)N2C(=O)c1ccccn1. The molecule has 96 valence electrons. The molecule has 0 aromatic carbocycles. The molecule has 3 aliphatic rings. The van der Waals surface area contributed by atoms with E-state index in [2.05, 4.69) is 11.9 Å². The first kappa shape index (κ1) is 11.7. The van der Waals surface area contributed by atoms with Crippen molar-refractivity contribution in [2.45, 2.75) is 37.8 Å². The summed E-state index contributed by atoms with van der Waals surface area (Å²) in [6.07, 6.45) is 4.52. The molecule has 2 saturated heterocycles. The molecule has 1 aliphatic carbocycles. The molecule has 1 saturated carbocycles. The van der Waals surface area contributed by atoms with Crippen LogP contribution in [0, 0.1) is 5.92 Å². The third-order valence-electron chi connectivity index (χ3n) is 4.29. The molecule has 3 fully saturated rings. The standard InChI is InChI=1S/C14H18N2O2/c1-10-6-11-8-14(7-10,9-17)16(11)13(18)12-4-2-3-5-15-12/h2-5,10-11,17H,6-9H2,1H3/t10?,11-,14?/m0/s1. The summed E-state index contributed by atoms with van der Waals surface area (Å²) in [7, 11) is 0. The molecule has 1 aromatic heterocycles. The third-order valence-corrected chi connectivity index (χ3v) is 4.29. The highest BCUT2D eigenvalue weighted by molar-refractivity contribution is 5.93. The second-order valence-corrected chi connectivity index (χ2v) is 5.68. The van der Waals surface area contributed by atoms with Gasteiger partial charge in [-0.25, -0.2) is 0 Å². The normalized spacial score (nSPS) is 34.0. The van der Waals surface area contributed by atoms with Gasteiger partial charge in [0.05, 0.1) is 12.1 Å². The molecule has 0 spiro atoms. The summed E-state index contributed by atoms with van der Waals surface area (Å²) in [4.78, 5) is 18.5. The highest BCUT2D eigenvalue weighted by Gasteiger charge is 2.57. The smallest absolute Gasteiger partial charge is 0.273 e. The molecule has 1 amide bonds. The number of piperidine rings is 1. The molecule has 18 heavy (non-hydrogen) atoms. The number of carbonyl (C=O) groups excluding carboxylic acids is 1. The Morgan fingerprint density at radius 3 is 3.06 bits per heavy atom. The summed E-state index contributed by atoms with van der Waals surface area (Å²) >= 11 is 0. The van der Waals surface area contributed by atoms with E-state index in [9.17, 15) is 9.90 Å². The molecule has 3 heterocycles. The number of carbonyl (C=O) groups is 1. The van der Waals surface area contributed by atoms with Gasteiger partial charge in [0.15, 0.2) is 0 Å². The highest BCUT2D eigenvalue weighted by Crippen LogP contribution is 2.49. The maximum Gasteiger partial charge on any atom is 0.273 e. The number of aliphatic hydroxyl groups excluding tert-OH is 1. The average molecular weight is 246 g/mol. The highest BCUT2D eigenvalue weighted by atomic mass is 16.3. The molecule has 1 aromatic rings. The van der Waals surface area contributed by atoms with Gasteiger partial charge >= 0.3 is 0 Å². The van der Waals surface area contributed by atoms with Crippen molar-refractivity contribution in [1.29, 1.82) is 0 Å². The lowest BCUT2D eigenvalue weighted by Crippen LogP contribution is -2.73. The van der Waals surface area contributed by atoms with E-state index in [1.165, 1.54) is 0 Å². The van der Waals surface area contributed by atoms with Gasteiger partial charge in [-0.2, -0.15) is 0 Å². The Labute approximate surface area is 107 Å². The summed E-state index contributed by atoms with van der Waals surface area (Å²) in [5, 5.41) is 9.66. The first-order valence-corrected chi connectivity index (χ1v) is 6.52. The van der Waals surface area contributed by atoms with Gasteiger partial charge in [0, 0.05) is 12.2 Å². The molecule has 4 rings (SSSR count). The van der Waals surface area contributed by atoms with Gasteiger partial charge in [0.1, 0.15) is 5.69 Å². The molecule has 0 radical (unpaired) electrons. The number of aliphatic hydroxyl groups is 1. The van der Waals surface area contributed by atoms with E-state index in [0.717, 1.165) is 19.3 Å². The Balaban J connectivity index is 1.87. The van der Waals surface area contributed by atoms with E-state index in [4.69, 9.17) is 0 Å². The number of nitrogens with zero attached hydrogens (tertiary/aromatic N) is 2. The number of rotatable bonds is 2. The minimum absolute atomic E-state index is 0.0344. The van der Waals surface area contributed by atoms with Crippen molar-refractivity contribution in [3.8, 4) is 0 Å². The average Bonchev–Trinajstić information content (AvgIpc) is 2.38. The van der Waals surface area contributed by atoms with Gasteiger partial charge in [-0.3, -0.25) is 9.78 Å². The summed E-state index contributed by atoms with van der Waals surface area (Å²) < 4.78 is 0. The summed E-state index contributed by atoms with van der Waals surface area (Å²) in [5.74, 6) is 0.552. The van der Waals surface area contributed by atoms with E-state index < -0.39 is 0 Å². The zero-order valence-corrected chi connectivity index (χ0v) is 10.5. The number of hydrogen-bond acceptors (Lipinski definition) is 3. The Bertz CT molecular complexity index is 462. The molecule has 2 unspecified atom stereocenters. The van der Waals surface area contributed by atoms with Gasteiger partial charge < -0.3 is 10.0 Å². The van der Waals surface area contributed by atoms with E-state index >= 15 is 0 Å². The fourth-order valence-corrected chi connectivity index (χ4v) is 3.67. The fraction of sp³-hybridized carbons (Fsp3) is 0.571. The summed E-state index contributed by atoms with van der Waals surface area (Å²) in [6, 6.07) is 5.65. The van der Waals surface area contributed by atoms with Crippen molar-refractivity contribution in [2.24, 2.45) is 5.92 Å². The largest absolute Gasteiger partial charge is 0.394 e. The van der Waals surface area contributed by atoms with Crippen molar-refractivity contribution in [2.75, 3.05) is 6.61 Å². The Kier molecular flexibility index (Phi) is 2.63. The van der Waals surface area contributed by atoms with Crippen LogP contribution in [0.4, 0.5) is 0 Å². The van der Waals surface area contributed by atoms with Crippen LogP contribution in [0.3, 0.4) is 0 Å². The minimum atomic E-state index is -0.322. The van der Waals surface area contributed by atoms with Crippen LogP contribution >= 0.6 is 0 Å². The lowest BCUT2D eigenvalue weighted by molar-refractivity contribution is -0.123. The van der Waals surface area contributed by atoms with Crippen LogP contribution in [0.5, 0.6) is 0 Å². The zero-order valence-electron chi connectivity index (χ0n) is 10.5. The number of fused-ring (bicyclic) bond motifs is 2. The van der Waals surface area contributed by atoms with Crippen LogP contribution in [-0.2, 0) is 0 Å². The van der Waals surface area contributed by atoms with Crippen molar-refractivity contribution in [1.82, 2.24) is 9.88 Å². The maximum atomic E-state index is 12.5. The van der Waals surface area contributed by atoms with Crippen LogP contribution in [0.2, 0.25) is 0 Å². The van der Waals surface area contributed by atoms with Gasteiger partial charge in [0.25, 0.3) is 5.91 Å². The minimum Gasteiger partial charge on any atom is -0.394 e. The van der Waals surface area contributed by atoms with Gasteiger partial charge in [-0.05, 0) is 37.3 Å². The van der Waals surface area contributed by atoms with Crippen molar-refractivity contribution in [3.05, 3.63) is 30.1 Å². The predicted octanol–water partition coefficient (Wildman–Crippen LogP) is 1.46. The number of hydrogen-bond donors (Lipinski definition) is 1. The third kappa shape index (κ3) is 1.56. The molecule has 4 heteroatoms. The molecular weight excluding hydrogens is 228 g/mol. The van der Waals surface area contributed by atoms with Crippen molar-refractivity contribution < 1.29 is 9.90 Å². The molecule has 3 atom stereocenters. The van der Waals surface area contributed by atoms with E-state index in [1.54, 1.807) is 18.3 Å². The summed E-state index contributed by atoms with van der Waals surface area (Å²) in [6.45, 7) is 2.26. The van der Waals surface area contributed by atoms with Crippen LogP contribution in [0.15, 0.2) is 24.4 Å². The topological polar surface area (TPSA) is 53.4 Å². The van der Waals surface area contributed by atoms with Gasteiger partial charge in [-0.15, -0.1) is 0 Å². The monoisotopic (exact) mass is 246 g/mol. The number of aromatic nitrogens is 1. The molecular formula is C14H18N2O2. The number of amides is 1. The Hall–Kier alpha value is -1.42. The first-order valence-electron chi connectivity index (χ1n) is 6.52. The predicted molar refractivity (Wildman–Crippen MR) is 67.0 cm³/mol. The van der Waals surface area contributed by atoms with E-state index in [0.29, 0.717) is 11.6 Å². The van der Waals surface area contributed by atoms with Crippen LogP contribution < -0.4 is 0 Å². The van der Waals surface area contributed by atoms with E-state index in [-0.39, 0.29) is 24.1 Å². The van der Waals surface area contributed by atoms with Crippen LogP contribution in [-0.4, -0.2) is 39.1 Å². The molecule has 2 aliphatic heterocycles. The Morgan fingerprint density at radius 1 is 1.56 bits per heavy atom. The van der Waals surface area contributed by atoms with Gasteiger partial charge in [0.2, 0.25) is 0 Å². The molecule has 4 nitrogen and oxygen atoms in total. The van der Waals surface area contributed by atoms with Crippen LogP contribution in [0.25, 0.3) is 0 Å². The lowest BCUT2D eigenvalue weighted by Gasteiger charge is -2.63. The zero-order chi connectivity index (χ0) is 12.8. The maximum absolute atomic E-state index is 12.5. The quantitative estimate of drug-likeness (QED) is 0.859. The summed E-state index contributed by atoms with van der Waals surface area (Å²) in [5.41, 5.74) is 0.159. The van der Waals surface area contributed by atoms with Crippen molar-refractivity contribution in [3.63, 3.8) is 0 Å². The fourth-order valence-electron chi connectivity index (χ4n) is 3.67. The second-order valence-electron chi connectivity index (χ2n) is 5.68. The number of pyridine rings is 1. The van der Waals surface area contributed by atoms with Crippen LogP contribution in [0.1, 0.15) is 36.7 Å². The first-order chi connectivity index (χ1) is 8.66. The molecule has 2 bridgehead atoms. The van der Waals surface area contributed by atoms with Gasteiger partial charge in [-0.1, -0.05) is 13.0 Å². The molecule has 1 N–H and O–H groups in total.